The maximum atomic E-state index is 11.9. The van der Waals surface area contributed by atoms with Crippen LogP contribution in [0.2, 0.25) is 0 Å². The standard InChI is InChI=1S/C14H20N2O4S/c1-14(2,3)20-13(19)16-9-6-4-5-8(9)11-15-10(7-21-11)12(17)18/h7-9H,4-6H2,1-3H3,(H,16,19)(H,17,18). The topological polar surface area (TPSA) is 88.5 Å². The predicted molar refractivity (Wildman–Crippen MR) is 78.8 cm³/mol. The van der Waals surface area contributed by atoms with Crippen LogP contribution >= 0.6 is 11.3 Å². The Kier molecular flexibility index (Phi) is 4.51. The average Bonchev–Trinajstić information content (AvgIpc) is 2.93. The van der Waals surface area contributed by atoms with Crippen molar-refractivity contribution in [2.45, 2.75) is 57.6 Å². The lowest BCUT2D eigenvalue weighted by Gasteiger charge is -2.24. The zero-order valence-corrected chi connectivity index (χ0v) is 13.2. The Hall–Kier alpha value is -1.63. The van der Waals surface area contributed by atoms with Gasteiger partial charge in [0.05, 0.1) is 5.01 Å². The van der Waals surface area contributed by atoms with Gasteiger partial charge in [-0.1, -0.05) is 6.42 Å². The maximum absolute atomic E-state index is 11.9. The summed E-state index contributed by atoms with van der Waals surface area (Å²) in [7, 11) is 0. The fourth-order valence-corrected chi connectivity index (χ4v) is 3.44. The average molecular weight is 312 g/mol. The Balaban J connectivity index is 2.02. The molecule has 1 heterocycles. The molecule has 116 valence electrons. The zero-order chi connectivity index (χ0) is 15.6. The quantitative estimate of drug-likeness (QED) is 0.895. The second kappa shape index (κ2) is 6.01. The van der Waals surface area contributed by atoms with Crippen LogP contribution in [-0.2, 0) is 4.74 Å². The maximum Gasteiger partial charge on any atom is 0.407 e. The third-order valence-electron chi connectivity index (χ3n) is 3.28. The molecule has 2 atom stereocenters. The number of carbonyl (C=O) groups is 2. The van der Waals surface area contributed by atoms with Crippen LogP contribution in [0.4, 0.5) is 4.79 Å². The van der Waals surface area contributed by atoms with E-state index < -0.39 is 17.7 Å². The summed E-state index contributed by atoms with van der Waals surface area (Å²) in [5.74, 6) is -0.956. The molecular weight excluding hydrogens is 292 g/mol. The smallest absolute Gasteiger partial charge is 0.407 e. The third-order valence-corrected chi connectivity index (χ3v) is 4.25. The highest BCUT2D eigenvalue weighted by Crippen LogP contribution is 2.36. The first-order valence-electron chi connectivity index (χ1n) is 6.94. The summed E-state index contributed by atoms with van der Waals surface area (Å²) in [5.41, 5.74) is -0.464. The highest BCUT2D eigenvalue weighted by molar-refractivity contribution is 7.09. The van der Waals surface area contributed by atoms with E-state index >= 15 is 0 Å². The van der Waals surface area contributed by atoms with Crippen molar-refractivity contribution in [3.63, 3.8) is 0 Å². The van der Waals surface area contributed by atoms with Gasteiger partial charge in [0.25, 0.3) is 0 Å². The van der Waals surface area contributed by atoms with Crippen molar-refractivity contribution in [1.82, 2.24) is 10.3 Å². The number of nitrogens with one attached hydrogen (secondary N) is 1. The van der Waals surface area contributed by atoms with E-state index in [1.165, 1.54) is 11.3 Å². The molecule has 0 aromatic carbocycles. The molecule has 1 aromatic heterocycles. The van der Waals surface area contributed by atoms with Crippen LogP contribution < -0.4 is 5.32 Å². The summed E-state index contributed by atoms with van der Waals surface area (Å²) in [6, 6.07) is -0.0485. The number of hydrogen-bond acceptors (Lipinski definition) is 5. The Morgan fingerprint density at radius 1 is 1.43 bits per heavy atom. The largest absolute Gasteiger partial charge is 0.476 e. The van der Waals surface area contributed by atoms with Crippen molar-refractivity contribution in [1.29, 1.82) is 0 Å². The monoisotopic (exact) mass is 312 g/mol. The number of thiazole rings is 1. The fraction of sp³-hybridized carbons (Fsp3) is 0.643. The van der Waals surface area contributed by atoms with Gasteiger partial charge in [-0.2, -0.15) is 0 Å². The number of aromatic carboxylic acids is 1. The number of amides is 1. The summed E-state index contributed by atoms with van der Waals surface area (Å²) in [4.78, 5) is 26.9. The Morgan fingerprint density at radius 2 is 2.14 bits per heavy atom. The second-order valence-corrected chi connectivity index (χ2v) is 7.06. The van der Waals surface area contributed by atoms with Crippen LogP contribution in [0, 0.1) is 0 Å². The zero-order valence-electron chi connectivity index (χ0n) is 12.4. The van der Waals surface area contributed by atoms with Gasteiger partial charge in [0.1, 0.15) is 5.60 Å². The van der Waals surface area contributed by atoms with Crippen molar-refractivity contribution in [3.8, 4) is 0 Å². The minimum absolute atomic E-state index is 0.0485. The number of nitrogens with zero attached hydrogens (tertiary/aromatic N) is 1. The van der Waals surface area contributed by atoms with Crippen molar-refractivity contribution in [3.05, 3.63) is 16.1 Å². The lowest BCUT2D eigenvalue weighted by Crippen LogP contribution is -2.40. The summed E-state index contributed by atoms with van der Waals surface area (Å²) in [6.45, 7) is 5.45. The van der Waals surface area contributed by atoms with E-state index in [0.717, 1.165) is 24.3 Å². The van der Waals surface area contributed by atoms with Crippen LogP contribution in [0.15, 0.2) is 5.38 Å². The molecule has 1 amide bonds. The summed E-state index contributed by atoms with van der Waals surface area (Å²) in [5, 5.41) is 14.1. The van der Waals surface area contributed by atoms with Crippen LogP contribution in [0.5, 0.6) is 0 Å². The van der Waals surface area contributed by atoms with Gasteiger partial charge >= 0.3 is 12.1 Å². The predicted octanol–water partition coefficient (Wildman–Crippen LogP) is 3.00. The molecule has 1 aliphatic carbocycles. The molecule has 1 aromatic rings. The molecule has 0 spiro atoms. The van der Waals surface area contributed by atoms with E-state index in [-0.39, 0.29) is 17.7 Å². The third kappa shape index (κ3) is 4.17. The molecule has 1 fully saturated rings. The van der Waals surface area contributed by atoms with Gasteiger partial charge in [-0.15, -0.1) is 11.3 Å². The molecule has 1 saturated carbocycles. The van der Waals surface area contributed by atoms with Gasteiger partial charge in [0, 0.05) is 17.3 Å². The molecule has 2 rings (SSSR count). The van der Waals surface area contributed by atoms with Gasteiger partial charge < -0.3 is 15.2 Å². The van der Waals surface area contributed by atoms with Crippen LogP contribution in [0.3, 0.4) is 0 Å². The highest BCUT2D eigenvalue weighted by Gasteiger charge is 2.33. The number of aromatic nitrogens is 1. The molecule has 2 unspecified atom stereocenters. The van der Waals surface area contributed by atoms with Crippen LogP contribution in [-0.4, -0.2) is 33.8 Å². The lowest BCUT2D eigenvalue weighted by molar-refractivity contribution is 0.0500. The van der Waals surface area contributed by atoms with E-state index in [4.69, 9.17) is 9.84 Å². The van der Waals surface area contributed by atoms with Gasteiger partial charge in [0.15, 0.2) is 5.69 Å². The first-order chi connectivity index (χ1) is 9.76. The molecule has 2 N–H and O–H groups in total. The number of alkyl carbamates (subject to hydrolysis) is 1. The molecule has 0 bridgehead atoms. The first-order valence-corrected chi connectivity index (χ1v) is 7.82. The van der Waals surface area contributed by atoms with E-state index in [0.29, 0.717) is 0 Å². The first kappa shape index (κ1) is 15.8. The number of carboxylic acid groups (broad SMARTS) is 1. The molecule has 0 saturated heterocycles. The summed E-state index contributed by atoms with van der Waals surface area (Å²) < 4.78 is 5.27. The molecule has 6 nitrogen and oxygen atoms in total. The van der Waals surface area contributed by atoms with Gasteiger partial charge in [0.2, 0.25) is 0 Å². The minimum atomic E-state index is -1.02. The number of carboxylic acids is 1. The number of carbonyl (C=O) groups excluding carboxylic acids is 1. The van der Waals surface area contributed by atoms with Crippen molar-refractivity contribution >= 4 is 23.4 Å². The summed E-state index contributed by atoms with van der Waals surface area (Å²) >= 11 is 1.34. The normalized spacial score (nSPS) is 22.0. The Labute approximate surface area is 127 Å². The number of hydrogen-bond donors (Lipinski definition) is 2. The van der Waals surface area contributed by atoms with Crippen molar-refractivity contribution in [2.24, 2.45) is 0 Å². The van der Waals surface area contributed by atoms with Crippen molar-refractivity contribution in [2.75, 3.05) is 0 Å². The molecule has 21 heavy (non-hydrogen) atoms. The molecular formula is C14H20N2O4S. The van der Waals surface area contributed by atoms with E-state index in [2.05, 4.69) is 10.3 Å². The van der Waals surface area contributed by atoms with Gasteiger partial charge in [-0.05, 0) is 33.6 Å². The SMILES string of the molecule is CC(C)(C)OC(=O)NC1CCCC1c1nc(C(=O)O)cs1. The number of rotatable bonds is 3. The molecule has 0 aliphatic heterocycles. The van der Waals surface area contributed by atoms with E-state index in [9.17, 15) is 9.59 Å². The lowest BCUT2D eigenvalue weighted by atomic mass is 10.1. The van der Waals surface area contributed by atoms with Gasteiger partial charge in [-0.25, -0.2) is 14.6 Å². The Morgan fingerprint density at radius 3 is 2.71 bits per heavy atom. The molecule has 1 aliphatic rings. The van der Waals surface area contributed by atoms with Crippen LogP contribution in [0.25, 0.3) is 0 Å². The minimum Gasteiger partial charge on any atom is -0.476 e. The molecule has 0 radical (unpaired) electrons. The van der Waals surface area contributed by atoms with E-state index in [1.54, 1.807) is 5.38 Å². The molecule has 7 heteroatoms. The fourth-order valence-electron chi connectivity index (χ4n) is 2.44. The van der Waals surface area contributed by atoms with Crippen molar-refractivity contribution < 1.29 is 19.4 Å². The van der Waals surface area contributed by atoms with Crippen LogP contribution in [0.1, 0.15) is 61.4 Å². The second-order valence-electron chi connectivity index (χ2n) is 6.17. The van der Waals surface area contributed by atoms with E-state index in [1.807, 2.05) is 20.8 Å². The highest BCUT2D eigenvalue weighted by atomic mass is 32.1. The van der Waals surface area contributed by atoms with Gasteiger partial charge in [-0.3, -0.25) is 0 Å². The Bertz CT molecular complexity index is 535. The summed E-state index contributed by atoms with van der Waals surface area (Å²) in [6.07, 6.45) is 2.29. The number of ether oxygens (including phenoxy) is 1.